The maximum atomic E-state index is 5.63. The summed E-state index contributed by atoms with van der Waals surface area (Å²) in [6, 6.07) is 8.84. The molecule has 0 bridgehead atoms. The fourth-order valence-electron chi connectivity index (χ4n) is 2.06. The van der Waals surface area contributed by atoms with Crippen LogP contribution in [0.15, 0.2) is 28.7 Å². The molecule has 3 nitrogen and oxygen atoms in total. The molecule has 1 aromatic rings. The Morgan fingerprint density at radius 3 is 2.81 bits per heavy atom. The molecule has 1 aliphatic rings. The SMILES string of the molecule is NCCC1COCCN1c1ccc(Br)cc1. The molecule has 0 radical (unpaired) electrons. The van der Waals surface area contributed by atoms with Gasteiger partial charge in [-0.25, -0.2) is 0 Å². The Bertz CT molecular complexity index is 326. The van der Waals surface area contributed by atoms with Gasteiger partial charge in [-0.15, -0.1) is 0 Å². The maximum Gasteiger partial charge on any atom is 0.0671 e. The first kappa shape index (κ1) is 11.9. The Kier molecular flexibility index (Phi) is 4.21. The summed E-state index contributed by atoms with van der Waals surface area (Å²) in [6.45, 7) is 3.25. The lowest BCUT2D eigenvalue weighted by Crippen LogP contribution is -2.46. The Labute approximate surface area is 105 Å². The number of morpholine rings is 1. The summed E-state index contributed by atoms with van der Waals surface area (Å²) < 4.78 is 6.61. The van der Waals surface area contributed by atoms with Gasteiger partial charge >= 0.3 is 0 Å². The minimum atomic E-state index is 0.417. The van der Waals surface area contributed by atoms with E-state index >= 15 is 0 Å². The van der Waals surface area contributed by atoms with Crippen molar-refractivity contribution in [2.45, 2.75) is 12.5 Å². The number of benzene rings is 1. The average Bonchev–Trinajstić information content (AvgIpc) is 2.32. The Morgan fingerprint density at radius 1 is 1.38 bits per heavy atom. The second kappa shape index (κ2) is 5.66. The number of rotatable bonds is 3. The van der Waals surface area contributed by atoms with Crippen molar-refractivity contribution in [2.24, 2.45) is 5.73 Å². The second-order valence-corrected chi connectivity index (χ2v) is 4.89. The highest BCUT2D eigenvalue weighted by atomic mass is 79.9. The molecule has 0 saturated carbocycles. The van der Waals surface area contributed by atoms with Crippen LogP contribution in [0.25, 0.3) is 0 Å². The van der Waals surface area contributed by atoms with Gasteiger partial charge in [0.1, 0.15) is 0 Å². The topological polar surface area (TPSA) is 38.5 Å². The van der Waals surface area contributed by atoms with Crippen LogP contribution in [0.1, 0.15) is 6.42 Å². The lowest BCUT2D eigenvalue weighted by molar-refractivity contribution is 0.0922. The predicted octanol–water partition coefficient (Wildman–Crippen LogP) is 2.00. The highest BCUT2D eigenvalue weighted by Gasteiger charge is 2.22. The summed E-state index contributed by atoms with van der Waals surface area (Å²) >= 11 is 3.45. The van der Waals surface area contributed by atoms with Crippen molar-refractivity contribution in [2.75, 3.05) is 31.2 Å². The summed E-state index contributed by atoms with van der Waals surface area (Å²) in [6.07, 6.45) is 0.982. The minimum absolute atomic E-state index is 0.417. The van der Waals surface area contributed by atoms with Gasteiger partial charge in [-0.2, -0.15) is 0 Å². The van der Waals surface area contributed by atoms with E-state index in [1.54, 1.807) is 0 Å². The van der Waals surface area contributed by atoms with E-state index < -0.39 is 0 Å². The maximum absolute atomic E-state index is 5.63. The fraction of sp³-hybridized carbons (Fsp3) is 0.500. The van der Waals surface area contributed by atoms with Gasteiger partial charge in [0.15, 0.2) is 0 Å². The third-order valence-corrected chi connectivity index (χ3v) is 3.41. The van der Waals surface area contributed by atoms with Crippen molar-refractivity contribution < 1.29 is 4.74 Å². The summed E-state index contributed by atoms with van der Waals surface area (Å²) in [7, 11) is 0. The number of hydrogen-bond acceptors (Lipinski definition) is 3. The first-order valence-electron chi connectivity index (χ1n) is 5.61. The lowest BCUT2D eigenvalue weighted by Gasteiger charge is -2.37. The quantitative estimate of drug-likeness (QED) is 0.923. The van der Waals surface area contributed by atoms with Gasteiger partial charge in [-0.1, -0.05) is 15.9 Å². The molecule has 1 saturated heterocycles. The molecule has 4 heteroatoms. The summed E-state index contributed by atoms with van der Waals surface area (Å²) in [5, 5.41) is 0. The van der Waals surface area contributed by atoms with E-state index in [9.17, 15) is 0 Å². The standard InChI is InChI=1S/C12H17BrN2O/c13-10-1-3-11(4-2-10)15-7-8-16-9-12(15)5-6-14/h1-4,12H,5-9,14H2. The van der Waals surface area contributed by atoms with E-state index in [0.29, 0.717) is 12.6 Å². The lowest BCUT2D eigenvalue weighted by atomic mass is 10.1. The van der Waals surface area contributed by atoms with Gasteiger partial charge in [0.2, 0.25) is 0 Å². The molecule has 1 unspecified atom stereocenters. The third kappa shape index (κ3) is 2.75. The Hall–Kier alpha value is -0.580. The van der Waals surface area contributed by atoms with Gasteiger partial charge in [-0.05, 0) is 37.2 Å². The van der Waals surface area contributed by atoms with Crippen LogP contribution in [-0.2, 0) is 4.74 Å². The number of anilines is 1. The first-order chi connectivity index (χ1) is 7.81. The molecular weight excluding hydrogens is 268 g/mol. The molecule has 1 atom stereocenters. The van der Waals surface area contributed by atoms with Gasteiger partial charge < -0.3 is 15.4 Å². The van der Waals surface area contributed by atoms with Gasteiger partial charge in [0, 0.05) is 16.7 Å². The average molecular weight is 285 g/mol. The van der Waals surface area contributed by atoms with E-state index in [2.05, 4.69) is 45.1 Å². The van der Waals surface area contributed by atoms with Crippen molar-refractivity contribution in [3.05, 3.63) is 28.7 Å². The van der Waals surface area contributed by atoms with E-state index in [1.165, 1.54) is 5.69 Å². The highest BCUT2D eigenvalue weighted by molar-refractivity contribution is 9.10. The van der Waals surface area contributed by atoms with Crippen LogP contribution in [-0.4, -0.2) is 32.3 Å². The van der Waals surface area contributed by atoms with Gasteiger partial charge in [-0.3, -0.25) is 0 Å². The van der Waals surface area contributed by atoms with E-state index in [0.717, 1.165) is 30.7 Å². The largest absolute Gasteiger partial charge is 0.377 e. The zero-order valence-corrected chi connectivity index (χ0v) is 10.8. The molecular formula is C12H17BrN2O. The molecule has 16 heavy (non-hydrogen) atoms. The monoisotopic (exact) mass is 284 g/mol. The summed E-state index contributed by atoms with van der Waals surface area (Å²) in [4.78, 5) is 2.39. The van der Waals surface area contributed by atoms with Crippen molar-refractivity contribution in [3.8, 4) is 0 Å². The molecule has 2 rings (SSSR count). The van der Waals surface area contributed by atoms with Crippen molar-refractivity contribution in [3.63, 3.8) is 0 Å². The zero-order valence-electron chi connectivity index (χ0n) is 9.23. The molecule has 1 aromatic carbocycles. The third-order valence-electron chi connectivity index (χ3n) is 2.89. The van der Waals surface area contributed by atoms with Crippen LogP contribution in [0, 0.1) is 0 Å². The number of halogens is 1. The molecule has 0 aliphatic carbocycles. The second-order valence-electron chi connectivity index (χ2n) is 3.98. The molecule has 88 valence electrons. The number of hydrogen-bond donors (Lipinski definition) is 1. The smallest absolute Gasteiger partial charge is 0.0671 e. The van der Waals surface area contributed by atoms with Crippen LogP contribution in [0.4, 0.5) is 5.69 Å². The highest BCUT2D eigenvalue weighted by Crippen LogP contribution is 2.23. The summed E-state index contributed by atoms with van der Waals surface area (Å²) in [5.41, 5.74) is 6.89. The van der Waals surface area contributed by atoms with E-state index in [4.69, 9.17) is 10.5 Å². The number of nitrogens with zero attached hydrogens (tertiary/aromatic N) is 1. The molecule has 0 aromatic heterocycles. The Morgan fingerprint density at radius 2 is 2.12 bits per heavy atom. The van der Waals surface area contributed by atoms with Gasteiger partial charge in [0.25, 0.3) is 0 Å². The van der Waals surface area contributed by atoms with Crippen LogP contribution in [0.5, 0.6) is 0 Å². The van der Waals surface area contributed by atoms with Crippen molar-refractivity contribution in [1.29, 1.82) is 0 Å². The number of ether oxygens (including phenoxy) is 1. The summed E-state index contributed by atoms with van der Waals surface area (Å²) in [5.74, 6) is 0. The van der Waals surface area contributed by atoms with E-state index in [-0.39, 0.29) is 0 Å². The molecule has 1 fully saturated rings. The number of nitrogens with two attached hydrogens (primary N) is 1. The zero-order chi connectivity index (χ0) is 11.4. The first-order valence-corrected chi connectivity index (χ1v) is 6.40. The fourth-order valence-corrected chi connectivity index (χ4v) is 2.32. The molecule has 0 spiro atoms. The van der Waals surface area contributed by atoms with E-state index in [1.807, 2.05) is 0 Å². The van der Waals surface area contributed by atoms with Crippen molar-refractivity contribution >= 4 is 21.6 Å². The van der Waals surface area contributed by atoms with Crippen molar-refractivity contribution in [1.82, 2.24) is 0 Å². The van der Waals surface area contributed by atoms with Crippen LogP contribution in [0.3, 0.4) is 0 Å². The van der Waals surface area contributed by atoms with Gasteiger partial charge in [0.05, 0.1) is 19.3 Å². The predicted molar refractivity (Wildman–Crippen MR) is 69.8 cm³/mol. The Balaban J connectivity index is 2.13. The molecule has 1 aliphatic heterocycles. The van der Waals surface area contributed by atoms with Crippen LogP contribution < -0.4 is 10.6 Å². The molecule has 1 heterocycles. The van der Waals surface area contributed by atoms with Crippen LogP contribution >= 0.6 is 15.9 Å². The normalized spacial score (nSPS) is 21.1. The minimum Gasteiger partial charge on any atom is -0.377 e. The molecule has 0 amide bonds. The molecule has 2 N–H and O–H groups in total. The van der Waals surface area contributed by atoms with Crippen LogP contribution in [0.2, 0.25) is 0 Å².